The third-order valence-electron chi connectivity index (χ3n) is 14.3. The van der Waals surface area contributed by atoms with Crippen LogP contribution in [0, 0.1) is 0 Å². The Labute approximate surface area is 409 Å². The van der Waals surface area contributed by atoms with Crippen LogP contribution in [-0.4, -0.2) is 203 Å². The van der Waals surface area contributed by atoms with Gasteiger partial charge in [-0.15, -0.1) is 0 Å². The third-order valence-corrected chi connectivity index (χ3v) is 14.3. The number of rotatable bonds is 0. The molecule has 0 amide bonds. The van der Waals surface area contributed by atoms with E-state index >= 15 is 0 Å². The van der Waals surface area contributed by atoms with Crippen molar-refractivity contribution in [1.29, 1.82) is 0 Å². The molecule has 7 heterocycles. The summed E-state index contributed by atoms with van der Waals surface area (Å²) >= 11 is 0. The van der Waals surface area contributed by atoms with Crippen LogP contribution in [0.3, 0.4) is 0 Å². The average molecular weight is 922 g/mol. The number of ether oxygens (including phenoxy) is 1. The minimum absolute atomic E-state index is 0.323. The van der Waals surface area contributed by atoms with Gasteiger partial charge in [0.15, 0.2) is 0 Å². The molecule has 390 valence electrons. The fourth-order valence-corrected chi connectivity index (χ4v) is 8.94. The molecule has 7 fully saturated rings. The first-order valence-corrected chi connectivity index (χ1v) is 27.1. The van der Waals surface area contributed by atoms with Gasteiger partial charge in [0.05, 0.1) is 13.2 Å². The van der Waals surface area contributed by atoms with Crippen LogP contribution < -0.4 is 0 Å². The zero-order valence-corrected chi connectivity index (χ0v) is 48.6. The minimum atomic E-state index is 0.323. The minimum Gasteiger partial charge on any atom is -0.379 e. The summed E-state index contributed by atoms with van der Waals surface area (Å²) in [5, 5.41) is 0. The molecule has 0 aromatic carbocycles. The molecule has 0 radical (unpaired) electrons. The van der Waals surface area contributed by atoms with Gasteiger partial charge in [-0.25, -0.2) is 0 Å². The van der Waals surface area contributed by atoms with Crippen molar-refractivity contribution in [3.63, 3.8) is 0 Å². The summed E-state index contributed by atoms with van der Waals surface area (Å²) in [6.45, 7) is 69.8. The predicted octanol–water partition coefficient (Wildman–Crippen LogP) is 11.2. The van der Waals surface area contributed by atoms with Crippen molar-refractivity contribution in [2.75, 3.05) is 125 Å². The van der Waals surface area contributed by atoms with Crippen molar-refractivity contribution >= 4 is 0 Å². The van der Waals surface area contributed by atoms with E-state index in [0.29, 0.717) is 38.8 Å². The zero-order chi connectivity index (χ0) is 49.9. The second-order valence-corrected chi connectivity index (χ2v) is 27.2. The molecule has 0 N–H and O–H groups in total. The highest BCUT2D eigenvalue weighted by atomic mass is 16.5. The molecule has 9 nitrogen and oxygen atoms in total. The number of piperidine rings is 2. The third kappa shape index (κ3) is 28.8. The topological polar surface area (TPSA) is 34.9 Å². The Morgan fingerprint density at radius 3 is 0.569 bits per heavy atom. The fraction of sp³-hybridized carbons (Fsp3) is 1.00. The molecule has 9 heteroatoms. The number of piperazine rings is 1. The molecule has 0 unspecified atom stereocenters. The van der Waals surface area contributed by atoms with Gasteiger partial charge in [0.1, 0.15) is 0 Å². The van der Waals surface area contributed by atoms with Crippen molar-refractivity contribution in [3.8, 4) is 0 Å². The molecule has 0 aliphatic carbocycles. The maximum absolute atomic E-state index is 5.25. The van der Waals surface area contributed by atoms with Crippen LogP contribution >= 0.6 is 0 Å². The van der Waals surface area contributed by atoms with E-state index < -0.39 is 0 Å². The van der Waals surface area contributed by atoms with Gasteiger partial charge in [-0.05, 0) is 250 Å². The maximum atomic E-state index is 5.25. The normalized spacial score (nSPS) is 23.2. The van der Waals surface area contributed by atoms with E-state index in [-0.39, 0.29) is 0 Å². The summed E-state index contributed by atoms with van der Waals surface area (Å²) < 4.78 is 5.25. The van der Waals surface area contributed by atoms with Crippen LogP contribution in [0.1, 0.15) is 203 Å². The Kier molecular flexibility index (Phi) is 27.5. The standard InChI is InChI=1S/C9H20N2.2C9H19N.C8H17NO.C8H17N.C7H15N.C6H13N/c1-9(2,3)11-7-5-10(4)6-8-11;2*1-9(2,3)10-7-5-4-6-8-10;1-8(2,3)9-4-6-10-7-5-9;1-8(2,3)9-6-4-5-7-9;1-7(2,3)8-5-4-6-8;1-6(2,3)7-4-5-7/h5-8H2,1-4H3;2*4-8H2,1-3H3;4-7H2,1-3H3;4-7H2,1-3H3;4-6H2,1-3H3;4-5H2,1-3H3. The van der Waals surface area contributed by atoms with Crippen LogP contribution in [0.25, 0.3) is 0 Å². The van der Waals surface area contributed by atoms with Gasteiger partial charge in [-0.3, -0.25) is 34.3 Å². The molecule has 0 bridgehead atoms. The number of hydrogen-bond acceptors (Lipinski definition) is 9. The van der Waals surface area contributed by atoms with Gasteiger partial charge in [0.2, 0.25) is 0 Å². The number of likely N-dealkylation sites (tertiary alicyclic amines) is 4. The number of likely N-dealkylation sites (N-methyl/N-ethyl adjacent to an activating group) is 1. The Morgan fingerprint density at radius 2 is 0.400 bits per heavy atom. The van der Waals surface area contributed by atoms with Crippen molar-refractivity contribution in [2.45, 2.75) is 242 Å². The number of nitrogens with zero attached hydrogens (tertiary/aromatic N) is 8. The van der Waals surface area contributed by atoms with E-state index in [4.69, 9.17) is 4.74 Å². The van der Waals surface area contributed by atoms with Gasteiger partial charge in [0, 0.05) is 91.1 Å². The Morgan fingerprint density at radius 1 is 0.215 bits per heavy atom. The van der Waals surface area contributed by atoms with E-state index in [1.165, 1.54) is 149 Å². The van der Waals surface area contributed by atoms with Crippen molar-refractivity contribution in [2.24, 2.45) is 0 Å². The Hall–Kier alpha value is -0.360. The smallest absolute Gasteiger partial charge is 0.0594 e. The highest BCUT2D eigenvalue weighted by Crippen LogP contribution is 2.23. The summed E-state index contributed by atoms with van der Waals surface area (Å²) in [6.07, 6.45) is 12.7. The summed E-state index contributed by atoms with van der Waals surface area (Å²) in [5.74, 6) is 0. The van der Waals surface area contributed by atoms with Crippen molar-refractivity contribution in [1.82, 2.24) is 39.2 Å². The predicted molar refractivity (Wildman–Crippen MR) is 289 cm³/mol. The highest BCUT2D eigenvalue weighted by Gasteiger charge is 2.30. The number of hydrogen-bond donors (Lipinski definition) is 0. The van der Waals surface area contributed by atoms with E-state index in [2.05, 4.69) is 192 Å². The molecule has 0 spiro atoms. The average Bonchev–Trinajstić information content (AvgIpc) is 3.89. The zero-order valence-electron chi connectivity index (χ0n) is 48.6. The van der Waals surface area contributed by atoms with Gasteiger partial charge >= 0.3 is 0 Å². The second-order valence-electron chi connectivity index (χ2n) is 27.2. The molecule has 0 atom stereocenters. The van der Waals surface area contributed by atoms with Crippen LogP contribution in [0.4, 0.5) is 0 Å². The molecule has 7 saturated heterocycles. The van der Waals surface area contributed by atoms with E-state index in [1.54, 1.807) is 0 Å². The molecule has 7 rings (SSSR count). The molecular formula is C56H120N8O. The number of morpholine rings is 1. The summed E-state index contributed by atoms with van der Waals surface area (Å²) in [7, 11) is 2.19. The monoisotopic (exact) mass is 921 g/mol. The fourth-order valence-electron chi connectivity index (χ4n) is 8.94. The first-order valence-electron chi connectivity index (χ1n) is 27.1. The maximum Gasteiger partial charge on any atom is 0.0594 e. The van der Waals surface area contributed by atoms with Gasteiger partial charge in [0.25, 0.3) is 0 Å². The van der Waals surface area contributed by atoms with Crippen molar-refractivity contribution in [3.05, 3.63) is 0 Å². The van der Waals surface area contributed by atoms with E-state index in [0.717, 1.165) is 26.3 Å². The molecule has 0 aromatic rings. The second kappa shape index (κ2) is 28.5. The van der Waals surface area contributed by atoms with Gasteiger partial charge in [-0.1, -0.05) is 12.8 Å². The molecular weight excluding hydrogens is 801 g/mol. The molecule has 0 aromatic heterocycles. The lowest BCUT2D eigenvalue weighted by Gasteiger charge is -2.42. The van der Waals surface area contributed by atoms with Gasteiger partial charge in [-0.2, -0.15) is 0 Å². The van der Waals surface area contributed by atoms with Crippen LogP contribution in [0.5, 0.6) is 0 Å². The van der Waals surface area contributed by atoms with Crippen molar-refractivity contribution < 1.29 is 4.74 Å². The van der Waals surface area contributed by atoms with E-state index in [1.807, 2.05) is 0 Å². The Bertz CT molecular complexity index is 1100. The van der Waals surface area contributed by atoms with E-state index in [9.17, 15) is 0 Å². The van der Waals surface area contributed by atoms with Crippen LogP contribution in [0.2, 0.25) is 0 Å². The highest BCUT2D eigenvalue weighted by molar-refractivity contribution is 4.86. The van der Waals surface area contributed by atoms with Crippen LogP contribution in [-0.2, 0) is 4.74 Å². The lowest BCUT2D eigenvalue weighted by Crippen LogP contribution is -2.52. The summed E-state index contributed by atoms with van der Waals surface area (Å²) in [4.78, 5) is 20.0. The molecule has 7 aliphatic rings. The largest absolute Gasteiger partial charge is 0.379 e. The summed E-state index contributed by atoms with van der Waals surface area (Å²) in [5.41, 5.74) is 2.78. The Balaban J connectivity index is 0.000000381. The molecule has 0 saturated carbocycles. The quantitative estimate of drug-likeness (QED) is 0.221. The SMILES string of the molecule is CC(C)(C)N1CC1.CC(C)(C)N1CCC1.CC(C)(C)N1CCCC1.CC(C)(C)N1CCCCC1.CC(C)(C)N1CCCCC1.CC(C)(C)N1CCOCC1.CN1CCN(C(C)(C)C)CC1. The lowest BCUT2D eigenvalue weighted by atomic mass is 10.0. The first kappa shape index (κ1) is 62.7. The summed E-state index contributed by atoms with van der Waals surface area (Å²) in [6, 6.07) is 0. The first-order chi connectivity index (χ1) is 29.6. The molecule has 65 heavy (non-hydrogen) atoms. The van der Waals surface area contributed by atoms with Gasteiger partial charge < -0.3 is 9.64 Å². The van der Waals surface area contributed by atoms with Crippen LogP contribution in [0.15, 0.2) is 0 Å². The molecule has 7 aliphatic heterocycles. The lowest BCUT2D eigenvalue weighted by molar-refractivity contribution is -0.00389.